The van der Waals surface area contributed by atoms with Gasteiger partial charge in [-0.3, -0.25) is 0 Å². The zero-order valence-electron chi connectivity index (χ0n) is 17.5. The summed E-state index contributed by atoms with van der Waals surface area (Å²) < 4.78 is 33.0. The van der Waals surface area contributed by atoms with Crippen LogP contribution < -0.4 is 4.74 Å². The van der Waals surface area contributed by atoms with Gasteiger partial charge in [-0.2, -0.15) is 0 Å². The molecular formula is C26H26F2O3. The highest BCUT2D eigenvalue weighted by molar-refractivity contribution is 5.86. The fraction of sp³-hybridized carbons (Fsp3) is 0.346. The number of carboxylic acid groups (broad SMARTS) is 1. The van der Waals surface area contributed by atoms with Crippen LogP contribution in [0.25, 0.3) is 10.8 Å². The van der Waals surface area contributed by atoms with Crippen LogP contribution >= 0.6 is 0 Å². The average Bonchev–Trinajstić information content (AvgIpc) is 3.21. The molecule has 1 saturated carbocycles. The van der Waals surface area contributed by atoms with Gasteiger partial charge in [0.05, 0.1) is 0 Å². The van der Waals surface area contributed by atoms with E-state index in [9.17, 15) is 13.6 Å². The second-order valence-electron chi connectivity index (χ2n) is 8.59. The smallest absolute Gasteiger partial charge is 0.341 e. The Labute approximate surface area is 180 Å². The fourth-order valence-corrected chi connectivity index (χ4v) is 4.94. The lowest BCUT2D eigenvalue weighted by Gasteiger charge is -2.19. The third kappa shape index (κ3) is 4.87. The molecule has 31 heavy (non-hydrogen) atoms. The van der Waals surface area contributed by atoms with E-state index in [1.54, 1.807) is 6.07 Å². The Morgan fingerprint density at radius 2 is 1.84 bits per heavy atom. The van der Waals surface area contributed by atoms with E-state index in [2.05, 4.69) is 6.92 Å². The third-order valence-corrected chi connectivity index (χ3v) is 6.43. The second-order valence-corrected chi connectivity index (χ2v) is 8.59. The Kier molecular flexibility index (Phi) is 6.21. The van der Waals surface area contributed by atoms with Crippen LogP contribution in [0.4, 0.5) is 8.78 Å². The summed E-state index contributed by atoms with van der Waals surface area (Å²) in [6.07, 6.45) is 4.35. The van der Waals surface area contributed by atoms with Gasteiger partial charge >= 0.3 is 5.97 Å². The van der Waals surface area contributed by atoms with Crippen LogP contribution in [0.1, 0.15) is 55.6 Å². The Bertz CT molecular complexity index is 1080. The van der Waals surface area contributed by atoms with Gasteiger partial charge in [0.25, 0.3) is 0 Å². The van der Waals surface area contributed by atoms with Crippen molar-refractivity contribution in [2.75, 3.05) is 6.61 Å². The summed E-state index contributed by atoms with van der Waals surface area (Å²) >= 11 is 0. The van der Waals surface area contributed by atoms with E-state index in [-0.39, 0.29) is 18.3 Å². The molecular weight excluding hydrogens is 398 g/mol. The predicted octanol–water partition coefficient (Wildman–Crippen LogP) is 6.66. The van der Waals surface area contributed by atoms with Gasteiger partial charge in [0.15, 0.2) is 6.61 Å². The molecule has 3 nitrogen and oxygen atoms in total. The van der Waals surface area contributed by atoms with Crippen molar-refractivity contribution < 1.29 is 23.4 Å². The van der Waals surface area contributed by atoms with Crippen molar-refractivity contribution >= 4 is 16.7 Å². The lowest BCUT2D eigenvalue weighted by Crippen LogP contribution is -2.09. The molecule has 1 aliphatic rings. The van der Waals surface area contributed by atoms with Gasteiger partial charge in [-0.05, 0) is 90.3 Å². The van der Waals surface area contributed by atoms with E-state index < -0.39 is 11.8 Å². The largest absolute Gasteiger partial charge is 0.482 e. The quantitative estimate of drug-likeness (QED) is 0.461. The van der Waals surface area contributed by atoms with Gasteiger partial charge in [-0.1, -0.05) is 31.2 Å². The molecule has 0 heterocycles. The number of carboxylic acids is 1. The summed E-state index contributed by atoms with van der Waals surface area (Å²) in [6, 6.07) is 15.3. The highest BCUT2D eigenvalue weighted by Crippen LogP contribution is 2.43. The van der Waals surface area contributed by atoms with Gasteiger partial charge < -0.3 is 9.84 Å². The Hall–Kier alpha value is -2.95. The van der Waals surface area contributed by atoms with Crippen LogP contribution in [0.3, 0.4) is 0 Å². The molecule has 0 radical (unpaired) electrons. The molecule has 1 aliphatic carbocycles. The minimum Gasteiger partial charge on any atom is -0.482 e. The molecule has 4 rings (SSSR count). The van der Waals surface area contributed by atoms with E-state index in [0.29, 0.717) is 23.0 Å². The molecule has 0 bridgehead atoms. The number of carbonyl (C=O) groups is 1. The van der Waals surface area contributed by atoms with Crippen LogP contribution in [0, 0.1) is 17.6 Å². The van der Waals surface area contributed by atoms with Crippen LogP contribution in [0.15, 0.2) is 54.6 Å². The summed E-state index contributed by atoms with van der Waals surface area (Å²) in [5.41, 5.74) is 2.32. The van der Waals surface area contributed by atoms with Gasteiger partial charge in [0.1, 0.15) is 17.4 Å². The normalized spacial score (nSPS) is 19.5. The molecule has 0 aromatic heterocycles. The van der Waals surface area contributed by atoms with Gasteiger partial charge in [-0.25, -0.2) is 13.6 Å². The first-order chi connectivity index (χ1) is 14.9. The Balaban J connectivity index is 1.41. The van der Waals surface area contributed by atoms with Crippen molar-refractivity contribution in [3.63, 3.8) is 0 Å². The molecule has 0 amide bonds. The lowest BCUT2D eigenvalue weighted by atomic mass is 9.86. The van der Waals surface area contributed by atoms with Gasteiger partial charge in [0.2, 0.25) is 0 Å². The molecule has 1 N–H and O–H groups in total. The minimum atomic E-state index is -0.990. The first kappa shape index (κ1) is 21.3. The summed E-state index contributed by atoms with van der Waals surface area (Å²) in [5, 5.41) is 9.85. The monoisotopic (exact) mass is 424 g/mol. The number of hydrogen-bond donors (Lipinski definition) is 1. The van der Waals surface area contributed by atoms with E-state index in [1.165, 1.54) is 23.8 Å². The third-order valence-electron chi connectivity index (χ3n) is 6.43. The van der Waals surface area contributed by atoms with Crippen molar-refractivity contribution in [3.8, 4) is 5.75 Å². The molecule has 162 valence electrons. The number of fused-ring (bicyclic) bond motifs is 1. The van der Waals surface area contributed by atoms with Gasteiger partial charge in [0, 0.05) is 5.39 Å². The maximum absolute atomic E-state index is 14.2. The average molecular weight is 424 g/mol. The molecule has 0 unspecified atom stereocenters. The lowest BCUT2D eigenvalue weighted by molar-refractivity contribution is -0.139. The molecule has 5 heteroatoms. The molecule has 3 aromatic rings. The van der Waals surface area contributed by atoms with Crippen LogP contribution in [0.2, 0.25) is 0 Å². The number of aliphatic carboxylic acids is 1. The van der Waals surface area contributed by atoms with Crippen molar-refractivity contribution in [2.24, 2.45) is 5.92 Å². The molecule has 0 spiro atoms. The number of halogens is 2. The number of hydrogen-bond acceptors (Lipinski definition) is 2. The zero-order chi connectivity index (χ0) is 22.0. The fourth-order valence-electron chi connectivity index (χ4n) is 4.94. The summed E-state index contributed by atoms with van der Waals surface area (Å²) in [4.78, 5) is 10.6. The standard InChI is InChI=1S/C26H26F2O3/c1-16(22-10-11-25(28)24-14-20(27)6-9-23(22)24)12-17-2-3-19(13-17)18-4-7-21(8-5-18)31-15-26(29)30/h4-11,14,16-17,19H,2-3,12-13,15H2,1H3,(H,29,30)/t16-,17+,19+/m0/s1. The maximum Gasteiger partial charge on any atom is 0.341 e. The maximum atomic E-state index is 14.2. The van der Waals surface area contributed by atoms with Crippen molar-refractivity contribution in [1.82, 2.24) is 0 Å². The topological polar surface area (TPSA) is 46.5 Å². The number of ether oxygens (including phenoxy) is 1. The van der Waals surface area contributed by atoms with E-state index in [4.69, 9.17) is 9.84 Å². The van der Waals surface area contributed by atoms with Crippen molar-refractivity contribution in [2.45, 2.75) is 44.4 Å². The summed E-state index contributed by atoms with van der Waals surface area (Å²) in [7, 11) is 0. The molecule has 3 atom stereocenters. The molecule has 0 aliphatic heterocycles. The zero-order valence-corrected chi connectivity index (χ0v) is 17.5. The number of benzene rings is 3. The van der Waals surface area contributed by atoms with Crippen LogP contribution in [-0.2, 0) is 4.79 Å². The van der Waals surface area contributed by atoms with Crippen molar-refractivity contribution in [1.29, 1.82) is 0 Å². The minimum absolute atomic E-state index is 0.254. The first-order valence-corrected chi connectivity index (χ1v) is 10.7. The number of rotatable bonds is 7. The first-order valence-electron chi connectivity index (χ1n) is 10.7. The Morgan fingerprint density at radius 3 is 2.58 bits per heavy atom. The molecule has 0 saturated heterocycles. The summed E-state index contributed by atoms with van der Waals surface area (Å²) in [5.74, 6) is 0.0681. The molecule has 1 fully saturated rings. The highest BCUT2D eigenvalue weighted by Gasteiger charge is 2.28. The van der Waals surface area contributed by atoms with Crippen molar-refractivity contribution in [3.05, 3.63) is 77.4 Å². The summed E-state index contributed by atoms with van der Waals surface area (Å²) in [6.45, 7) is 1.82. The molecule has 3 aromatic carbocycles. The van der Waals surface area contributed by atoms with Gasteiger partial charge in [-0.15, -0.1) is 0 Å². The van der Waals surface area contributed by atoms with E-state index in [0.717, 1.165) is 36.6 Å². The second kappa shape index (κ2) is 9.04. The SMILES string of the molecule is C[C@@H](C[C@H]1CC[C@@H](c2ccc(OCC(=O)O)cc2)C1)c1ccc(F)c2cc(F)ccc12. The predicted molar refractivity (Wildman–Crippen MR) is 117 cm³/mol. The van der Waals surface area contributed by atoms with Crippen LogP contribution in [-0.4, -0.2) is 17.7 Å². The van der Waals surface area contributed by atoms with E-state index in [1.807, 2.05) is 30.3 Å². The highest BCUT2D eigenvalue weighted by atomic mass is 19.1. The van der Waals surface area contributed by atoms with E-state index >= 15 is 0 Å². The van der Waals surface area contributed by atoms with Crippen LogP contribution in [0.5, 0.6) is 5.75 Å². The Morgan fingerprint density at radius 1 is 1.06 bits per heavy atom.